The summed E-state index contributed by atoms with van der Waals surface area (Å²) in [5.74, 6) is 5.66. The molecule has 0 heterocycles. The lowest BCUT2D eigenvalue weighted by Crippen LogP contribution is -1.95. The van der Waals surface area contributed by atoms with Crippen molar-refractivity contribution in [2.45, 2.75) is 45.4 Å². The highest BCUT2D eigenvalue weighted by Gasteiger charge is 2.01. The van der Waals surface area contributed by atoms with Crippen LogP contribution < -0.4 is 0 Å². The minimum Gasteiger partial charge on any atom is -0.120 e. The third-order valence-corrected chi connectivity index (χ3v) is 1.98. The van der Waals surface area contributed by atoms with Gasteiger partial charge in [0.25, 0.3) is 0 Å². The maximum absolute atomic E-state index is 6.72. The summed E-state index contributed by atoms with van der Waals surface area (Å²) in [6.45, 7) is 2.16. The lowest BCUT2D eigenvalue weighted by molar-refractivity contribution is 0.522. The van der Waals surface area contributed by atoms with E-state index in [-0.39, 0.29) is 0 Å². The highest BCUT2D eigenvalue weighted by atomic mass is 14.1. The van der Waals surface area contributed by atoms with Gasteiger partial charge in [0.1, 0.15) is 0 Å². The van der Waals surface area contributed by atoms with E-state index in [0.29, 0.717) is 5.92 Å². The fraction of sp³-hybridized carbons (Fsp3) is 0.667. The molecule has 0 aromatic rings. The highest BCUT2D eigenvalue weighted by Crippen LogP contribution is 2.13. The summed E-state index contributed by atoms with van der Waals surface area (Å²) in [6.07, 6.45) is 18.5. The normalized spacial score (nSPS) is 11.6. The summed E-state index contributed by atoms with van der Waals surface area (Å²) in [6, 6.07) is 0. The summed E-state index contributed by atoms with van der Waals surface area (Å²) in [5.41, 5.74) is 0. The van der Waals surface area contributed by atoms with Gasteiger partial charge in [-0.05, 0) is 25.7 Å². The highest BCUT2D eigenvalue weighted by molar-refractivity contribution is 4.92. The van der Waals surface area contributed by atoms with Crippen molar-refractivity contribution in [1.82, 2.24) is 0 Å². The van der Waals surface area contributed by atoms with Crippen molar-refractivity contribution in [3.05, 3.63) is 6.42 Å². The van der Waals surface area contributed by atoms with Crippen LogP contribution in [0.25, 0.3) is 0 Å². The van der Waals surface area contributed by atoms with Crippen molar-refractivity contribution >= 4 is 0 Å². The van der Waals surface area contributed by atoms with E-state index in [1.165, 1.54) is 6.42 Å². The van der Waals surface area contributed by atoms with Crippen LogP contribution in [0.5, 0.6) is 0 Å². The van der Waals surface area contributed by atoms with Gasteiger partial charge >= 0.3 is 0 Å². The predicted octanol–water partition coefficient (Wildman–Crippen LogP) is 3.19. The average molecular weight is 161 g/mol. The van der Waals surface area contributed by atoms with Crippen molar-refractivity contribution in [2.75, 3.05) is 0 Å². The molecule has 1 unspecified atom stereocenters. The Morgan fingerprint density at radius 2 is 2.08 bits per heavy atom. The summed E-state index contributed by atoms with van der Waals surface area (Å²) in [7, 11) is 0. The molecule has 0 aromatic heterocycles. The standard InChI is InChI=1S/C12H17/c1-4-7-8-9-11-12(6-3)10-5-2/h3,12H,5,7-11H2,2H3. The molecule has 0 saturated carbocycles. The van der Waals surface area contributed by atoms with E-state index in [0.717, 1.165) is 32.1 Å². The zero-order valence-corrected chi connectivity index (χ0v) is 7.90. The Labute approximate surface area is 76.8 Å². The smallest absolute Gasteiger partial charge is 0.0200 e. The fourth-order valence-electron chi connectivity index (χ4n) is 1.26. The van der Waals surface area contributed by atoms with Crippen molar-refractivity contribution in [3.8, 4) is 18.3 Å². The first-order valence-corrected chi connectivity index (χ1v) is 4.70. The zero-order valence-electron chi connectivity index (χ0n) is 7.90. The second kappa shape index (κ2) is 8.22. The van der Waals surface area contributed by atoms with Gasteiger partial charge in [-0.1, -0.05) is 25.7 Å². The molecule has 1 radical (unpaired) electrons. The van der Waals surface area contributed by atoms with E-state index in [1.807, 2.05) is 0 Å². The van der Waals surface area contributed by atoms with Crippen molar-refractivity contribution < 1.29 is 0 Å². The van der Waals surface area contributed by atoms with Crippen molar-refractivity contribution in [1.29, 1.82) is 0 Å². The van der Waals surface area contributed by atoms with E-state index in [2.05, 4.69) is 18.8 Å². The van der Waals surface area contributed by atoms with Gasteiger partial charge in [0, 0.05) is 12.3 Å². The molecule has 0 nitrogen and oxygen atoms in total. The largest absolute Gasteiger partial charge is 0.120 e. The van der Waals surface area contributed by atoms with Crippen LogP contribution in [0.3, 0.4) is 0 Å². The molecule has 0 bridgehead atoms. The molecular weight excluding hydrogens is 144 g/mol. The van der Waals surface area contributed by atoms with E-state index in [1.54, 1.807) is 0 Å². The Morgan fingerprint density at radius 3 is 2.58 bits per heavy atom. The number of hydrogen-bond donors (Lipinski definition) is 0. The van der Waals surface area contributed by atoms with Crippen LogP contribution in [-0.2, 0) is 0 Å². The van der Waals surface area contributed by atoms with Gasteiger partial charge < -0.3 is 0 Å². The summed E-state index contributed by atoms with van der Waals surface area (Å²) in [5, 5.41) is 0. The van der Waals surface area contributed by atoms with Crippen molar-refractivity contribution in [2.24, 2.45) is 5.92 Å². The summed E-state index contributed by atoms with van der Waals surface area (Å²) < 4.78 is 0. The Bertz CT molecular complexity index is 165. The Kier molecular flexibility index (Phi) is 7.62. The Morgan fingerprint density at radius 1 is 1.33 bits per heavy atom. The molecule has 0 rings (SSSR count). The van der Waals surface area contributed by atoms with Crippen LogP contribution in [0.2, 0.25) is 0 Å². The van der Waals surface area contributed by atoms with Crippen LogP contribution in [0.4, 0.5) is 0 Å². The van der Waals surface area contributed by atoms with Gasteiger partial charge in [0.2, 0.25) is 0 Å². The minimum atomic E-state index is 0.459. The number of hydrogen-bond acceptors (Lipinski definition) is 0. The van der Waals surface area contributed by atoms with Gasteiger partial charge in [0.15, 0.2) is 0 Å². The third kappa shape index (κ3) is 5.87. The average Bonchev–Trinajstić information content (AvgIpc) is 2.10. The van der Waals surface area contributed by atoms with E-state index < -0.39 is 0 Å². The van der Waals surface area contributed by atoms with Gasteiger partial charge in [-0.15, -0.1) is 12.3 Å². The topological polar surface area (TPSA) is 0 Å². The maximum Gasteiger partial charge on any atom is 0.0200 e. The Balaban J connectivity index is 3.34. The SMILES string of the molecule is [C]#CCCCCC(C#C)CCC. The zero-order chi connectivity index (χ0) is 9.23. The molecule has 65 valence electrons. The molecule has 0 spiro atoms. The molecule has 0 heteroatoms. The van der Waals surface area contributed by atoms with E-state index in [9.17, 15) is 0 Å². The molecule has 0 aliphatic carbocycles. The Hall–Kier alpha value is -0.880. The third-order valence-electron chi connectivity index (χ3n) is 1.98. The molecule has 0 saturated heterocycles. The first-order chi connectivity index (χ1) is 5.85. The van der Waals surface area contributed by atoms with Crippen LogP contribution in [0, 0.1) is 30.6 Å². The molecule has 0 fully saturated rings. The summed E-state index contributed by atoms with van der Waals surface area (Å²) >= 11 is 0. The number of terminal acetylenes is 1. The van der Waals surface area contributed by atoms with E-state index in [4.69, 9.17) is 12.8 Å². The second-order valence-corrected chi connectivity index (χ2v) is 3.07. The monoisotopic (exact) mass is 161 g/mol. The van der Waals surface area contributed by atoms with Gasteiger partial charge in [-0.25, -0.2) is 0 Å². The van der Waals surface area contributed by atoms with Crippen LogP contribution in [-0.4, -0.2) is 0 Å². The maximum atomic E-state index is 6.72. The van der Waals surface area contributed by atoms with Crippen LogP contribution >= 0.6 is 0 Å². The second-order valence-electron chi connectivity index (χ2n) is 3.07. The first-order valence-electron chi connectivity index (χ1n) is 4.70. The van der Waals surface area contributed by atoms with Gasteiger partial charge in [-0.3, -0.25) is 0 Å². The first kappa shape index (κ1) is 11.1. The molecule has 0 aliphatic rings. The molecular formula is C12H17. The fourth-order valence-corrected chi connectivity index (χ4v) is 1.26. The lowest BCUT2D eigenvalue weighted by atomic mass is 9.97. The minimum absolute atomic E-state index is 0.459. The molecule has 0 aromatic carbocycles. The van der Waals surface area contributed by atoms with Gasteiger partial charge in [-0.2, -0.15) is 0 Å². The number of unbranched alkanes of at least 4 members (excludes halogenated alkanes) is 2. The van der Waals surface area contributed by atoms with Crippen molar-refractivity contribution in [3.63, 3.8) is 0 Å². The van der Waals surface area contributed by atoms with Crippen LogP contribution in [0.1, 0.15) is 45.4 Å². The molecule has 12 heavy (non-hydrogen) atoms. The quantitative estimate of drug-likeness (QED) is 0.414. The van der Waals surface area contributed by atoms with Crippen LogP contribution in [0.15, 0.2) is 0 Å². The predicted molar refractivity (Wildman–Crippen MR) is 52.8 cm³/mol. The van der Waals surface area contributed by atoms with E-state index >= 15 is 0 Å². The number of rotatable bonds is 6. The molecule has 0 aliphatic heterocycles. The summed E-state index contributed by atoms with van der Waals surface area (Å²) in [4.78, 5) is 0. The molecule has 0 N–H and O–H groups in total. The lowest BCUT2D eigenvalue weighted by Gasteiger charge is -2.07. The molecule has 0 amide bonds. The van der Waals surface area contributed by atoms with Gasteiger partial charge in [0.05, 0.1) is 0 Å². The molecule has 1 atom stereocenters.